The van der Waals surface area contributed by atoms with Gasteiger partial charge in [0.2, 0.25) is 0 Å². The summed E-state index contributed by atoms with van der Waals surface area (Å²) in [6.07, 6.45) is -2.67. The summed E-state index contributed by atoms with van der Waals surface area (Å²) in [5, 5.41) is 0. The van der Waals surface area contributed by atoms with Crippen LogP contribution in [0.5, 0.6) is 5.75 Å². The van der Waals surface area contributed by atoms with Gasteiger partial charge < -0.3 is 9.58 Å². The van der Waals surface area contributed by atoms with Crippen molar-refractivity contribution in [3.63, 3.8) is 0 Å². The van der Waals surface area contributed by atoms with Gasteiger partial charge in [0, 0.05) is 5.56 Å². The van der Waals surface area contributed by atoms with Crippen LogP contribution in [0.15, 0.2) is 24.3 Å². The monoisotopic (exact) mass is 197 g/mol. The summed E-state index contributed by atoms with van der Waals surface area (Å²) in [5.74, 6) is 0.483. The molecule has 0 aliphatic rings. The molecule has 0 bridgehead atoms. The van der Waals surface area contributed by atoms with E-state index in [4.69, 9.17) is 11.3 Å². The Kier molecular flexibility index (Phi) is 3.41. The number of methoxy groups -OCH3 is 1. The summed E-state index contributed by atoms with van der Waals surface area (Å²) >= 11 is 0. The molecule has 0 saturated carbocycles. The van der Waals surface area contributed by atoms with E-state index in [2.05, 4.69) is 4.85 Å². The average Bonchev–Trinajstić information content (AvgIpc) is 2.19. The highest BCUT2D eigenvalue weighted by Crippen LogP contribution is 2.27. The van der Waals surface area contributed by atoms with Gasteiger partial charge in [-0.3, -0.25) is 0 Å². The van der Waals surface area contributed by atoms with E-state index < -0.39 is 12.5 Å². The maximum Gasteiger partial charge on any atom is 0.316 e. The van der Waals surface area contributed by atoms with Gasteiger partial charge in [-0.1, -0.05) is 12.1 Å². The Labute approximate surface area is 80.9 Å². The van der Waals surface area contributed by atoms with E-state index in [-0.39, 0.29) is 5.56 Å². The lowest BCUT2D eigenvalue weighted by Gasteiger charge is -2.06. The molecule has 1 aromatic carbocycles. The zero-order valence-electron chi connectivity index (χ0n) is 7.58. The van der Waals surface area contributed by atoms with Crippen LogP contribution in [0.1, 0.15) is 11.6 Å². The smallest absolute Gasteiger partial charge is 0.316 e. The first kappa shape index (κ1) is 10.5. The maximum absolute atomic E-state index is 12.4. The van der Waals surface area contributed by atoms with Crippen LogP contribution < -0.4 is 4.74 Å². The lowest BCUT2D eigenvalue weighted by Crippen LogP contribution is -2.04. The number of rotatable bonds is 3. The molecule has 0 heterocycles. The number of halogens is 2. The summed E-state index contributed by atoms with van der Waals surface area (Å²) in [6.45, 7) is 6.66. The third kappa shape index (κ3) is 2.19. The van der Waals surface area contributed by atoms with Crippen LogP contribution in [0.4, 0.5) is 8.78 Å². The Hall–Kier alpha value is -1.63. The highest BCUT2D eigenvalue weighted by atomic mass is 19.3. The molecule has 74 valence electrons. The van der Waals surface area contributed by atoms with Crippen molar-refractivity contribution in [1.82, 2.24) is 0 Å². The predicted molar refractivity (Wildman–Crippen MR) is 48.3 cm³/mol. The van der Waals surface area contributed by atoms with Gasteiger partial charge in [0.1, 0.15) is 5.75 Å². The summed E-state index contributed by atoms with van der Waals surface area (Å²) in [4.78, 5) is 2.88. The minimum Gasteiger partial charge on any atom is -0.497 e. The lowest BCUT2D eigenvalue weighted by molar-refractivity contribution is 0.130. The molecule has 0 amide bonds. The predicted octanol–water partition coefficient (Wildman–Crippen LogP) is 2.92. The van der Waals surface area contributed by atoms with Gasteiger partial charge in [0.15, 0.2) is 0 Å². The molecule has 1 rings (SSSR count). The molecule has 0 N–H and O–H groups in total. The van der Waals surface area contributed by atoms with Crippen molar-refractivity contribution < 1.29 is 13.5 Å². The van der Waals surface area contributed by atoms with Crippen molar-refractivity contribution >= 4 is 0 Å². The topological polar surface area (TPSA) is 13.6 Å². The number of hydrogen-bond acceptors (Lipinski definition) is 1. The van der Waals surface area contributed by atoms with Gasteiger partial charge in [-0.2, -0.15) is 0 Å². The highest BCUT2D eigenvalue weighted by Gasteiger charge is 2.27. The van der Waals surface area contributed by atoms with Crippen molar-refractivity contribution in [2.45, 2.75) is 12.5 Å². The average molecular weight is 197 g/mol. The molecule has 2 nitrogen and oxygen atoms in total. The molecule has 0 radical (unpaired) electrons. The van der Waals surface area contributed by atoms with E-state index in [1.807, 2.05) is 0 Å². The molecule has 0 fully saturated rings. The number of ether oxygens (including phenoxy) is 1. The van der Waals surface area contributed by atoms with Crippen LogP contribution in [-0.4, -0.2) is 13.5 Å². The zero-order chi connectivity index (χ0) is 10.6. The quantitative estimate of drug-likeness (QED) is 0.679. The van der Waals surface area contributed by atoms with Crippen LogP contribution in [0.2, 0.25) is 0 Å². The first-order valence-corrected chi connectivity index (χ1v) is 3.97. The van der Waals surface area contributed by atoms with E-state index in [0.717, 1.165) is 0 Å². The highest BCUT2D eigenvalue weighted by molar-refractivity contribution is 5.32. The Morgan fingerprint density at radius 1 is 1.43 bits per heavy atom. The molecule has 1 unspecified atom stereocenters. The summed E-state index contributed by atoms with van der Waals surface area (Å²) in [5.41, 5.74) is 0.286. The van der Waals surface area contributed by atoms with Crippen molar-refractivity contribution in [3.05, 3.63) is 41.2 Å². The van der Waals surface area contributed by atoms with Gasteiger partial charge in [-0.25, -0.2) is 15.4 Å². The third-order valence-corrected chi connectivity index (χ3v) is 1.81. The van der Waals surface area contributed by atoms with Crippen molar-refractivity contribution in [3.8, 4) is 5.75 Å². The number of hydrogen-bond donors (Lipinski definition) is 0. The van der Waals surface area contributed by atoms with Crippen molar-refractivity contribution in [2.24, 2.45) is 0 Å². The van der Waals surface area contributed by atoms with Gasteiger partial charge in [-0.15, -0.1) is 0 Å². The van der Waals surface area contributed by atoms with Crippen molar-refractivity contribution in [1.29, 1.82) is 0 Å². The molecular weight excluding hydrogens is 188 g/mol. The third-order valence-electron chi connectivity index (χ3n) is 1.81. The second kappa shape index (κ2) is 4.56. The van der Waals surface area contributed by atoms with Crippen LogP contribution in [0.25, 0.3) is 4.85 Å². The van der Waals surface area contributed by atoms with E-state index in [1.165, 1.54) is 19.2 Å². The first-order chi connectivity index (χ1) is 6.69. The zero-order valence-corrected chi connectivity index (χ0v) is 7.58. The Balaban J connectivity index is 3.00. The van der Waals surface area contributed by atoms with Gasteiger partial charge in [0.25, 0.3) is 0 Å². The summed E-state index contributed by atoms with van der Waals surface area (Å²) in [7, 11) is 1.45. The molecule has 0 aromatic heterocycles. The molecule has 0 aliphatic heterocycles. The van der Waals surface area contributed by atoms with Crippen LogP contribution in [-0.2, 0) is 0 Å². The molecule has 0 spiro atoms. The fourth-order valence-corrected chi connectivity index (χ4v) is 1.10. The van der Waals surface area contributed by atoms with Crippen molar-refractivity contribution in [2.75, 3.05) is 7.11 Å². The standard InChI is InChI=1S/C10H9F2NO/c1-13-9(10(11)12)7-4-3-5-8(6-7)14-2/h3-6,9-10H,2H3. The van der Waals surface area contributed by atoms with Crippen LogP contribution in [0, 0.1) is 6.57 Å². The lowest BCUT2D eigenvalue weighted by atomic mass is 10.1. The first-order valence-electron chi connectivity index (χ1n) is 3.97. The van der Waals surface area contributed by atoms with Crippen LogP contribution >= 0.6 is 0 Å². The maximum atomic E-state index is 12.4. The molecule has 14 heavy (non-hydrogen) atoms. The van der Waals surface area contributed by atoms with Gasteiger partial charge in [-0.05, 0) is 12.1 Å². The van der Waals surface area contributed by atoms with E-state index in [1.54, 1.807) is 12.1 Å². The molecule has 0 aliphatic carbocycles. The SMILES string of the molecule is [C-]#[N+]C(c1cccc(OC)c1)C(F)F. The molecule has 4 heteroatoms. The van der Waals surface area contributed by atoms with Gasteiger partial charge in [0.05, 0.1) is 7.11 Å². The normalized spacial score (nSPS) is 12.2. The molecular formula is C10H9F2NO. The Morgan fingerprint density at radius 3 is 2.64 bits per heavy atom. The Bertz CT molecular complexity index is 346. The van der Waals surface area contributed by atoms with E-state index in [9.17, 15) is 8.78 Å². The molecule has 0 saturated heterocycles. The Morgan fingerprint density at radius 2 is 2.14 bits per heavy atom. The fourth-order valence-electron chi connectivity index (χ4n) is 1.10. The second-order valence-corrected chi connectivity index (χ2v) is 2.69. The number of alkyl halides is 2. The van der Waals surface area contributed by atoms with E-state index >= 15 is 0 Å². The molecule has 1 aromatic rings. The minimum absolute atomic E-state index is 0.286. The summed E-state index contributed by atoms with van der Waals surface area (Å²) in [6, 6.07) is 4.79. The number of nitrogens with zero attached hydrogens (tertiary/aromatic N) is 1. The number of benzene rings is 1. The largest absolute Gasteiger partial charge is 0.497 e. The second-order valence-electron chi connectivity index (χ2n) is 2.69. The van der Waals surface area contributed by atoms with E-state index in [0.29, 0.717) is 5.75 Å². The molecule has 1 atom stereocenters. The minimum atomic E-state index is -2.67. The fraction of sp³-hybridized carbons (Fsp3) is 0.300. The summed E-state index contributed by atoms with van der Waals surface area (Å²) < 4.78 is 29.6. The van der Waals surface area contributed by atoms with Crippen LogP contribution in [0.3, 0.4) is 0 Å². The van der Waals surface area contributed by atoms with Gasteiger partial charge >= 0.3 is 12.5 Å².